The van der Waals surface area contributed by atoms with Crippen molar-refractivity contribution in [3.05, 3.63) is 60.8 Å². The van der Waals surface area contributed by atoms with E-state index >= 15 is 0 Å². The number of hydrogen-bond donors (Lipinski definition) is 4. The zero-order valence-electron chi connectivity index (χ0n) is 36.8. The van der Waals surface area contributed by atoms with Crippen molar-refractivity contribution >= 4 is 22.1 Å². The van der Waals surface area contributed by atoms with Gasteiger partial charge in [-0.2, -0.15) is 8.42 Å². The van der Waals surface area contributed by atoms with Gasteiger partial charge in [-0.25, -0.2) is 0 Å². The minimum Gasteiger partial charge on any atom is -0.462 e. The van der Waals surface area contributed by atoms with Crippen LogP contribution in [-0.2, 0) is 38.7 Å². The van der Waals surface area contributed by atoms with E-state index in [-0.39, 0.29) is 19.4 Å². The Labute approximate surface area is 362 Å². The highest BCUT2D eigenvalue weighted by atomic mass is 32.2. The lowest BCUT2D eigenvalue weighted by atomic mass is 10.00. The summed E-state index contributed by atoms with van der Waals surface area (Å²) in [6.45, 7) is 3.67. The van der Waals surface area contributed by atoms with Crippen molar-refractivity contribution in [2.24, 2.45) is 0 Å². The molecule has 0 spiro atoms. The van der Waals surface area contributed by atoms with E-state index in [2.05, 4.69) is 74.6 Å². The predicted molar refractivity (Wildman–Crippen MR) is 238 cm³/mol. The summed E-state index contributed by atoms with van der Waals surface area (Å²) in [5.41, 5.74) is 0. The summed E-state index contributed by atoms with van der Waals surface area (Å²) in [7, 11) is -4.61. The van der Waals surface area contributed by atoms with Crippen molar-refractivity contribution in [3.63, 3.8) is 0 Å². The molecule has 346 valence electrons. The Morgan fingerprint density at radius 2 is 1.00 bits per heavy atom. The Morgan fingerprint density at radius 1 is 0.567 bits per heavy atom. The Morgan fingerprint density at radius 3 is 1.53 bits per heavy atom. The zero-order valence-corrected chi connectivity index (χ0v) is 37.6. The molecule has 0 amide bonds. The van der Waals surface area contributed by atoms with Crippen LogP contribution in [0.5, 0.6) is 0 Å². The second kappa shape index (κ2) is 37.0. The highest BCUT2D eigenvalue weighted by Crippen LogP contribution is 2.24. The van der Waals surface area contributed by atoms with Crippen molar-refractivity contribution in [2.45, 2.75) is 205 Å². The Balaban J connectivity index is 2.48. The van der Waals surface area contributed by atoms with Gasteiger partial charge >= 0.3 is 11.9 Å². The van der Waals surface area contributed by atoms with Crippen LogP contribution in [-0.4, -0.2) is 96.0 Å². The summed E-state index contributed by atoms with van der Waals surface area (Å²) in [4.78, 5) is 25.4. The molecule has 1 fully saturated rings. The van der Waals surface area contributed by atoms with Gasteiger partial charge in [-0.05, 0) is 83.5 Å². The van der Waals surface area contributed by atoms with Gasteiger partial charge in [0, 0.05) is 12.8 Å². The van der Waals surface area contributed by atoms with Crippen molar-refractivity contribution in [1.29, 1.82) is 0 Å². The molecule has 0 radical (unpaired) electrons. The molecule has 0 saturated carbocycles. The van der Waals surface area contributed by atoms with Gasteiger partial charge in [0.15, 0.2) is 12.4 Å². The first-order valence-electron chi connectivity index (χ1n) is 22.8. The third-order valence-electron chi connectivity index (χ3n) is 10.1. The SMILES string of the molecule is CCCCC/C=C/C/C=C/C/C=C/C/C=C/CCCCCC(=O)OC[C@H](CO[C@H]1O[C@H](CS(=O)(=O)O)[C@@H](O)C(O)C1O)OC(=O)CCCCC/C=C/CCCCCCCC. The summed E-state index contributed by atoms with van der Waals surface area (Å²) in [5.74, 6) is -2.05. The maximum Gasteiger partial charge on any atom is 0.306 e. The van der Waals surface area contributed by atoms with Crippen LogP contribution in [0.3, 0.4) is 0 Å². The molecule has 1 aliphatic rings. The fourth-order valence-electron chi connectivity index (χ4n) is 6.48. The first-order valence-corrected chi connectivity index (χ1v) is 24.5. The molecule has 0 aromatic carbocycles. The minimum absolute atomic E-state index is 0.134. The second-order valence-corrected chi connectivity index (χ2v) is 17.2. The average molecular weight is 869 g/mol. The molecule has 0 aliphatic carbocycles. The van der Waals surface area contributed by atoms with Gasteiger partial charge in [-0.15, -0.1) is 0 Å². The molecule has 1 saturated heterocycles. The van der Waals surface area contributed by atoms with Gasteiger partial charge in [0.25, 0.3) is 10.1 Å². The number of esters is 2. The fraction of sp³-hybridized carbons (Fsp3) is 0.745. The van der Waals surface area contributed by atoms with Crippen LogP contribution >= 0.6 is 0 Å². The number of aliphatic hydroxyl groups excluding tert-OH is 3. The minimum atomic E-state index is -4.61. The first kappa shape index (κ1) is 55.4. The van der Waals surface area contributed by atoms with Crippen LogP contribution in [0.1, 0.15) is 168 Å². The fourth-order valence-corrected chi connectivity index (χ4v) is 7.17. The zero-order chi connectivity index (χ0) is 44.1. The molecule has 60 heavy (non-hydrogen) atoms. The van der Waals surface area contributed by atoms with Crippen LogP contribution in [0.25, 0.3) is 0 Å². The van der Waals surface area contributed by atoms with E-state index in [4.69, 9.17) is 18.9 Å². The highest BCUT2D eigenvalue weighted by molar-refractivity contribution is 7.85. The quantitative estimate of drug-likeness (QED) is 0.0201. The van der Waals surface area contributed by atoms with Crippen molar-refractivity contribution < 1.29 is 56.8 Å². The molecule has 1 aliphatic heterocycles. The van der Waals surface area contributed by atoms with Crippen molar-refractivity contribution in [1.82, 2.24) is 0 Å². The van der Waals surface area contributed by atoms with Crippen LogP contribution < -0.4 is 0 Å². The van der Waals surface area contributed by atoms with E-state index in [1.54, 1.807) is 0 Å². The molecule has 13 heteroatoms. The molecular formula is C47H80O12S. The molecule has 2 unspecified atom stereocenters. The standard InChI is InChI=1S/C47H80O12S/c1-3-5-7-9-11-13-15-17-18-19-20-21-22-24-25-27-29-31-33-35-42(48)56-37-40(38-57-47-46(52)45(51)44(50)41(59-47)39-60(53,54)55)58-43(49)36-34-32-30-28-26-23-16-14-12-10-8-6-4-2/h11,13,17-18,20-21,23-26,40-41,44-47,50-52H,3-10,12,14-16,19,22,27-39H2,1-2H3,(H,53,54,55)/b13-11+,18-17+,21-20+,25-24+,26-23+/t40-,41-,44-,45?,46?,47+/m1/s1. The molecule has 4 N–H and O–H groups in total. The van der Waals surface area contributed by atoms with Crippen molar-refractivity contribution in [3.8, 4) is 0 Å². The Bertz CT molecular complexity index is 1340. The summed E-state index contributed by atoms with van der Waals surface area (Å²) in [6, 6.07) is 0. The number of aliphatic hydroxyl groups is 3. The summed E-state index contributed by atoms with van der Waals surface area (Å²) < 4.78 is 54.0. The summed E-state index contributed by atoms with van der Waals surface area (Å²) in [6.07, 6.45) is 35.5. The molecule has 1 rings (SSSR count). The second-order valence-electron chi connectivity index (χ2n) is 15.7. The van der Waals surface area contributed by atoms with Gasteiger partial charge in [-0.1, -0.05) is 132 Å². The molecular weight excluding hydrogens is 789 g/mol. The number of carbonyl (C=O) groups excluding carboxylic acids is 2. The maximum atomic E-state index is 12.8. The molecule has 0 aromatic heterocycles. The third kappa shape index (κ3) is 31.2. The molecule has 1 heterocycles. The number of ether oxygens (including phenoxy) is 4. The van der Waals surface area contributed by atoms with Crippen LogP contribution in [0.15, 0.2) is 60.8 Å². The van der Waals surface area contributed by atoms with E-state index in [0.29, 0.717) is 12.8 Å². The van der Waals surface area contributed by atoms with Gasteiger partial charge in [0.2, 0.25) is 0 Å². The van der Waals surface area contributed by atoms with Gasteiger partial charge < -0.3 is 34.3 Å². The van der Waals surface area contributed by atoms with E-state index in [1.165, 1.54) is 64.2 Å². The van der Waals surface area contributed by atoms with E-state index in [0.717, 1.165) is 64.2 Å². The lowest BCUT2D eigenvalue weighted by molar-refractivity contribution is -0.297. The number of rotatable bonds is 37. The Kier molecular flexibility index (Phi) is 34.1. The lowest BCUT2D eigenvalue weighted by Crippen LogP contribution is -2.60. The lowest BCUT2D eigenvalue weighted by Gasteiger charge is -2.40. The third-order valence-corrected chi connectivity index (χ3v) is 10.8. The van der Waals surface area contributed by atoms with E-state index in [9.17, 15) is 37.9 Å². The largest absolute Gasteiger partial charge is 0.462 e. The van der Waals surface area contributed by atoms with Gasteiger partial charge in [-0.3, -0.25) is 14.1 Å². The first-order chi connectivity index (χ1) is 29.0. The molecule has 6 atom stereocenters. The number of hydrogen-bond acceptors (Lipinski definition) is 11. The van der Waals surface area contributed by atoms with Crippen LogP contribution in [0.2, 0.25) is 0 Å². The Hall–Kier alpha value is -2.65. The molecule has 0 aromatic rings. The average Bonchev–Trinajstić information content (AvgIpc) is 3.21. The number of unbranched alkanes of at least 4 members (excludes halogenated alkanes) is 15. The highest BCUT2D eigenvalue weighted by Gasteiger charge is 2.46. The van der Waals surface area contributed by atoms with Gasteiger partial charge in [0.1, 0.15) is 36.8 Å². The number of allylic oxidation sites excluding steroid dienone is 10. The van der Waals surface area contributed by atoms with Crippen LogP contribution in [0, 0.1) is 0 Å². The number of carbonyl (C=O) groups is 2. The maximum absolute atomic E-state index is 12.8. The summed E-state index contributed by atoms with van der Waals surface area (Å²) >= 11 is 0. The van der Waals surface area contributed by atoms with E-state index in [1.807, 2.05) is 0 Å². The summed E-state index contributed by atoms with van der Waals surface area (Å²) in [5, 5.41) is 30.9. The van der Waals surface area contributed by atoms with E-state index < -0.39 is 71.2 Å². The van der Waals surface area contributed by atoms with Crippen LogP contribution in [0.4, 0.5) is 0 Å². The molecule has 12 nitrogen and oxygen atoms in total. The van der Waals surface area contributed by atoms with Crippen molar-refractivity contribution in [2.75, 3.05) is 19.0 Å². The topological polar surface area (TPSA) is 186 Å². The monoisotopic (exact) mass is 869 g/mol. The predicted octanol–water partition coefficient (Wildman–Crippen LogP) is 9.34. The molecule has 0 bridgehead atoms. The van der Waals surface area contributed by atoms with Gasteiger partial charge in [0.05, 0.1) is 6.61 Å². The smallest absolute Gasteiger partial charge is 0.306 e. The normalized spacial score (nSPS) is 20.7.